The van der Waals surface area contributed by atoms with E-state index in [1.54, 1.807) is 30.3 Å². The molecule has 0 aliphatic rings. The second-order valence-electron chi connectivity index (χ2n) is 5.90. The maximum absolute atomic E-state index is 12.1. The number of hydrogen-bond donors (Lipinski definition) is 1. The number of sulfonamides is 1. The van der Waals surface area contributed by atoms with Crippen LogP contribution in [0.2, 0.25) is 5.02 Å². The number of para-hydroxylation sites is 1. The smallest absolute Gasteiger partial charge is 0.232 e. The number of amides is 1. The molecule has 2 rings (SSSR count). The van der Waals surface area contributed by atoms with Gasteiger partial charge in [0.05, 0.1) is 17.0 Å². The van der Waals surface area contributed by atoms with Crippen molar-refractivity contribution in [3.05, 3.63) is 57.5 Å². The van der Waals surface area contributed by atoms with Gasteiger partial charge in [0.1, 0.15) is 0 Å². The summed E-state index contributed by atoms with van der Waals surface area (Å²) < 4.78 is 26.3. The molecule has 2 aromatic carbocycles. The molecular weight excluding hydrogens is 440 g/mol. The Labute approximate surface area is 167 Å². The number of anilines is 2. The molecule has 5 nitrogen and oxygen atoms in total. The minimum absolute atomic E-state index is 0.193. The number of aryl methyl sites for hydroxylation is 1. The summed E-state index contributed by atoms with van der Waals surface area (Å²) in [6.45, 7) is 2.09. The molecule has 0 fully saturated rings. The van der Waals surface area contributed by atoms with Crippen molar-refractivity contribution in [1.29, 1.82) is 0 Å². The van der Waals surface area contributed by atoms with E-state index in [0.717, 1.165) is 10.0 Å². The van der Waals surface area contributed by atoms with Crippen molar-refractivity contribution in [3.63, 3.8) is 0 Å². The van der Waals surface area contributed by atoms with E-state index in [1.807, 2.05) is 19.1 Å². The largest absolute Gasteiger partial charge is 0.326 e. The molecular formula is C18H20BrClN2O3S. The van der Waals surface area contributed by atoms with Crippen LogP contribution in [0.4, 0.5) is 11.4 Å². The summed E-state index contributed by atoms with van der Waals surface area (Å²) in [4.78, 5) is 12.1. The highest BCUT2D eigenvalue weighted by atomic mass is 79.9. The van der Waals surface area contributed by atoms with Gasteiger partial charge in [0, 0.05) is 23.1 Å². The van der Waals surface area contributed by atoms with Crippen LogP contribution in [0.25, 0.3) is 0 Å². The number of benzene rings is 2. The van der Waals surface area contributed by atoms with E-state index in [2.05, 4.69) is 21.2 Å². The minimum Gasteiger partial charge on any atom is -0.326 e. The van der Waals surface area contributed by atoms with Gasteiger partial charge in [-0.1, -0.05) is 29.8 Å². The van der Waals surface area contributed by atoms with E-state index in [1.165, 1.54) is 10.6 Å². The number of hydrogen-bond acceptors (Lipinski definition) is 3. The van der Waals surface area contributed by atoms with Gasteiger partial charge in [-0.3, -0.25) is 9.10 Å². The fraction of sp³-hybridized carbons (Fsp3) is 0.278. The fourth-order valence-electron chi connectivity index (χ4n) is 2.49. The monoisotopic (exact) mass is 458 g/mol. The number of nitrogens with one attached hydrogen (secondary N) is 1. The Morgan fingerprint density at radius 3 is 2.54 bits per heavy atom. The van der Waals surface area contributed by atoms with Gasteiger partial charge in [-0.25, -0.2) is 8.42 Å². The summed E-state index contributed by atoms with van der Waals surface area (Å²) in [6.07, 6.45) is 1.77. The van der Waals surface area contributed by atoms with Gasteiger partial charge in [0.15, 0.2) is 0 Å². The molecule has 26 heavy (non-hydrogen) atoms. The van der Waals surface area contributed by atoms with Crippen molar-refractivity contribution in [2.75, 3.05) is 22.4 Å². The average Bonchev–Trinajstić information content (AvgIpc) is 2.55. The van der Waals surface area contributed by atoms with Crippen molar-refractivity contribution in [2.45, 2.75) is 19.8 Å². The molecule has 0 aromatic heterocycles. The van der Waals surface area contributed by atoms with Gasteiger partial charge < -0.3 is 5.32 Å². The molecule has 0 spiro atoms. The fourth-order valence-corrected chi connectivity index (χ4v) is 3.94. The molecule has 140 valence electrons. The Balaban J connectivity index is 1.98. The number of carbonyl (C=O) groups excluding carboxylic acids is 1. The highest BCUT2D eigenvalue weighted by molar-refractivity contribution is 9.10. The lowest BCUT2D eigenvalue weighted by Crippen LogP contribution is -2.32. The van der Waals surface area contributed by atoms with Crippen LogP contribution in [-0.4, -0.2) is 27.1 Å². The molecule has 0 aliphatic carbocycles. The van der Waals surface area contributed by atoms with Crippen LogP contribution in [0.3, 0.4) is 0 Å². The Kier molecular flexibility index (Phi) is 7.08. The summed E-state index contributed by atoms with van der Waals surface area (Å²) in [5.41, 5.74) is 2.10. The Morgan fingerprint density at radius 2 is 1.92 bits per heavy atom. The standard InChI is InChI=1S/C18H20BrClN2O3S/c1-13-6-3-4-7-17(13)22(26(2,24)25)11-5-8-18(23)21-14-9-10-15(19)16(20)12-14/h3-4,6-7,9-10,12H,5,8,11H2,1-2H3,(H,21,23). The molecule has 0 unspecified atom stereocenters. The SMILES string of the molecule is Cc1ccccc1N(CCCC(=O)Nc1ccc(Br)c(Cl)c1)S(C)(=O)=O. The molecule has 0 saturated carbocycles. The molecule has 1 amide bonds. The predicted molar refractivity (Wildman–Crippen MR) is 110 cm³/mol. The second kappa shape index (κ2) is 8.88. The predicted octanol–water partition coefficient (Wildman–Crippen LogP) is 4.60. The Hall–Kier alpha value is -1.57. The topological polar surface area (TPSA) is 66.5 Å². The molecule has 1 N–H and O–H groups in total. The van der Waals surface area contributed by atoms with Crippen LogP contribution in [0.5, 0.6) is 0 Å². The molecule has 0 bridgehead atoms. The summed E-state index contributed by atoms with van der Waals surface area (Å²) in [7, 11) is -3.43. The number of halogens is 2. The first kappa shape index (κ1) is 20.7. The highest BCUT2D eigenvalue weighted by Crippen LogP contribution is 2.26. The van der Waals surface area contributed by atoms with E-state index < -0.39 is 10.0 Å². The van der Waals surface area contributed by atoms with Crippen molar-refractivity contribution >= 4 is 54.8 Å². The molecule has 2 aromatic rings. The lowest BCUT2D eigenvalue weighted by molar-refractivity contribution is -0.116. The van der Waals surface area contributed by atoms with Crippen molar-refractivity contribution < 1.29 is 13.2 Å². The van der Waals surface area contributed by atoms with Crippen LogP contribution in [-0.2, 0) is 14.8 Å². The Bertz CT molecular complexity index is 903. The molecule has 0 aliphatic heterocycles. The van der Waals surface area contributed by atoms with E-state index in [9.17, 15) is 13.2 Å². The number of nitrogens with zero attached hydrogens (tertiary/aromatic N) is 1. The molecule has 0 heterocycles. The molecule has 8 heteroatoms. The summed E-state index contributed by atoms with van der Waals surface area (Å²) in [5, 5.41) is 3.27. The zero-order chi connectivity index (χ0) is 19.3. The maximum atomic E-state index is 12.1. The van der Waals surface area contributed by atoms with Crippen LogP contribution >= 0.6 is 27.5 Å². The maximum Gasteiger partial charge on any atom is 0.232 e. The van der Waals surface area contributed by atoms with Crippen molar-refractivity contribution in [2.24, 2.45) is 0 Å². The van der Waals surface area contributed by atoms with Gasteiger partial charge in [-0.2, -0.15) is 0 Å². The minimum atomic E-state index is -3.43. The van der Waals surface area contributed by atoms with Crippen molar-refractivity contribution in [1.82, 2.24) is 0 Å². The van der Waals surface area contributed by atoms with Crippen LogP contribution in [0.1, 0.15) is 18.4 Å². The van der Waals surface area contributed by atoms with E-state index in [-0.39, 0.29) is 18.9 Å². The third-order valence-electron chi connectivity index (χ3n) is 3.75. The Morgan fingerprint density at radius 1 is 1.23 bits per heavy atom. The van der Waals surface area contributed by atoms with Crippen LogP contribution in [0, 0.1) is 6.92 Å². The molecule has 0 radical (unpaired) electrons. The molecule has 0 saturated heterocycles. The first-order valence-corrected chi connectivity index (χ1v) is 11.0. The summed E-state index contributed by atoms with van der Waals surface area (Å²) in [5.74, 6) is -0.193. The lowest BCUT2D eigenvalue weighted by atomic mass is 10.2. The highest BCUT2D eigenvalue weighted by Gasteiger charge is 2.19. The first-order chi connectivity index (χ1) is 12.2. The van der Waals surface area contributed by atoms with Gasteiger partial charge in [0.2, 0.25) is 15.9 Å². The summed E-state index contributed by atoms with van der Waals surface area (Å²) >= 11 is 9.30. The second-order valence-corrected chi connectivity index (χ2v) is 9.07. The average molecular weight is 460 g/mol. The zero-order valence-corrected chi connectivity index (χ0v) is 17.7. The van der Waals surface area contributed by atoms with Crippen molar-refractivity contribution in [3.8, 4) is 0 Å². The third kappa shape index (κ3) is 5.72. The van der Waals surface area contributed by atoms with Gasteiger partial charge >= 0.3 is 0 Å². The zero-order valence-electron chi connectivity index (χ0n) is 14.5. The third-order valence-corrected chi connectivity index (χ3v) is 6.17. The lowest BCUT2D eigenvalue weighted by Gasteiger charge is -2.24. The quantitative estimate of drug-likeness (QED) is 0.658. The first-order valence-electron chi connectivity index (χ1n) is 7.97. The molecule has 0 atom stereocenters. The van der Waals surface area contributed by atoms with E-state index in [0.29, 0.717) is 22.8 Å². The summed E-state index contributed by atoms with van der Waals surface area (Å²) in [6, 6.07) is 12.4. The van der Waals surface area contributed by atoms with E-state index in [4.69, 9.17) is 11.6 Å². The van der Waals surface area contributed by atoms with Gasteiger partial charge in [0.25, 0.3) is 0 Å². The normalized spacial score (nSPS) is 11.2. The van der Waals surface area contributed by atoms with Crippen LogP contribution < -0.4 is 9.62 Å². The number of rotatable bonds is 7. The number of carbonyl (C=O) groups is 1. The van der Waals surface area contributed by atoms with Gasteiger partial charge in [-0.05, 0) is 59.1 Å². The van der Waals surface area contributed by atoms with Gasteiger partial charge in [-0.15, -0.1) is 0 Å². The van der Waals surface area contributed by atoms with E-state index >= 15 is 0 Å². The van der Waals surface area contributed by atoms with Crippen LogP contribution in [0.15, 0.2) is 46.9 Å².